The molecule has 4 heteroatoms. The van der Waals surface area contributed by atoms with Crippen molar-refractivity contribution in [3.8, 4) is 5.75 Å². The third-order valence-electron chi connectivity index (χ3n) is 3.67. The molecule has 0 spiro atoms. The minimum absolute atomic E-state index is 0.411. The van der Waals surface area contributed by atoms with Crippen molar-refractivity contribution < 1.29 is 4.74 Å². The van der Waals surface area contributed by atoms with Gasteiger partial charge in [0.15, 0.2) is 0 Å². The van der Waals surface area contributed by atoms with Crippen LogP contribution in [0.4, 0.5) is 0 Å². The highest BCUT2D eigenvalue weighted by Crippen LogP contribution is 2.25. The maximum absolute atomic E-state index is 5.32. The average molecular weight is 273 g/mol. The van der Waals surface area contributed by atoms with Crippen LogP contribution in [0.15, 0.2) is 43.0 Å². The first kappa shape index (κ1) is 14.6. The molecule has 108 valence electrons. The van der Waals surface area contributed by atoms with Crippen molar-refractivity contribution in [2.24, 2.45) is 0 Å². The Kier molecular flexibility index (Phi) is 5.18. The molecule has 1 aromatic heterocycles. The quantitative estimate of drug-likeness (QED) is 0.777. The van der Waals surface area contributed by atoms with Crippen molar-refractivity contribution >= 4 is 0 Å². The zero-order valence-corrected chi connectivity index (χ0v) is 12.5. The monoisotopic (exact) mass is 273 g/mol. The Hall–Kier alpha value is -1.81. The van der Waals surface area contributed by atoms with Crippen molar-refractivity contribution in [3.63, 3.8) is 0 Å². The summed E-state index contributed by atoms with van der Waals surface area (Å²) in [5, 5.41) is 0. The van der Waals surface area contributed by atoms with E-state index < -0.39 is 0 Å². The van der Waals surface area contributed by atoms with Gasteiger partial charge in [-0.05, 0) is 31.2 Å². The number of hydrogen-bond donors (Lipinski definition) is 0. The maximum Gasteiger partial charge on any atom is 0.119 e. The van der Waals surface area contributed by atoms with Gasteiger partial charge in [-0.1, -0.05) is 19.1 Å². The molecule has 2 aromatic rings. The smallest absolute Gasteiger partial charge is 0.119 e. The van der Waals surface area contributed by atoms with Crippen LogP contribution in [0.2, 0.25) is 0 Å². The van der Waals surface area contributed by atoms with E-state index in [9.17, 15) is 0 Å². The minimum Gasteiger partial charge on any atom is -0.497 e. The summed E-state index contributed by atoms with van der Waals surface area (Å²) in [7, 11) is 3.88. The van der Waals surface area contributed by atoms with Gasteiger partial charge in [0, 0.05) is 31.5 Å². The predicted molar refractivity (Wildman–Crippen MR) is 80.9 cm³/mol. The van der Waals surface area contributed by atoms with Crippen LogP contribution in [-0.2, 0) is 6.54 Å². The van der Waals surface area contributed by atoms with Crippen molar-refractivity contribution in [2.75, 3.05) is 20.7 Å². The van der Waals surface area contributed by atoms with E-state index in [1.165, 1.54) is 5.56 Å². The fourth-order valence-corrected chi connectivity index (χ4v) is 2.50. The van der Waals surface area contributed by atoms with Crippen LogP contribution in [0.5, 0.6) is 5.75 Å². The normalized spacial score (nSPS) is 12.6. The molecule has 1 heterocycles. The van der Waals surface area contributed by atoms with Gasteiger partial charge in [-0.3, -0.25) is 4.90 Å². The molecule has 2 rings (SSSR count). The van der Waals surface area contributed by atoms with Crippen LogP contribution in [0.3, 0.4) is 0 Å². The number of imidazole rings is 1. The molecule has 0 amide bonds. The van der Waals surface area contributed by atoms with Gasteiger partial charge in [-0.15, -0.1) is 0 Å². The number of aromatic nitrogens is 2. The molecule has 0 saturated heterocycles. The molecule has 1 aromatic carbocycles. The molecular weight excluding hydrogens is 250 g/mol. The van der Waals surface area contributed by atoms with Gasteiger partial charge in [0.05, 0.1) is 13.4 Å². The fraction of sp³-hybridized carbons (Fsp3) is 0.438. The van der Waals surface area contributed by atoms with Crippen molar-refractivity contribution in [3.05, 3.63) is 48.5 Å². The van der Waals surface area contributed by atoms with Crippen LogP contribution in [-0.4, -0.2) is 35.2 Å². The van der Waals surface area contributed by atoms with Crippen molar-refractivity contribution in [1.29, 1.82) is 0 Å². The van der Waals surface area contributed by atoms with E-state index in [0.717, 1.165) is 25.3 Å². The third kappa shape index (κ3) is 3.61. The summed E-state index contributed by atoms with van der Waals surface area (Å²) in [6.07, 6.45) is 6.76. The average Bonchev–Trinajstić information content (AvgIpc) is 2.99. The second-order valence-corrected chi connectivity index (χ2v) is 4.98. The van der Waals surface area contributed by atoms with Crippen LogP contribution in [0, 0.1) is 0 Å². The molecule has 0 fully saturated rings. The van der Waals surface area contributed by atoms with Gasteiger partial charge >= 0.3 is 0 Å². The van der Waals surface area contributed by atoms with E-state index in [0.29, 0.717) is 6.04 Å². The summed E-state index contributed by atoms with van der Waals surface area (Å²) in [5.41, 5.74) is 1.31. The van der Waals surface area contributed by atoms with Crippen molar-refractivity contribution in [2.45, 2.75) is 25.9 Å². The summed E-state index contributed by atoms with van der Waals surface area (Å²) in [6, 6.07) is 8.75. The number of hydrogen-bond acceptors (Lipinski definition) is 3. The molecule has 20 heavy (non-hydrogen) atoms. The fourth-order valence-electron chi connectivity index (χ4n) is 2.50. The molecule has 4 nitrogen and oxygen atoms in total. The lowest BCUT2D eigenvalue weighted by Crippen LogP contribution is -2.27. The molecule has 1 atom stereocenters. The van der Waals surface area contributed by atoms with Gasteiger partial charge < -0.3 is 9.30 Å². The lowest BCUT2D eigenvalue weighted by molar-refractivity contribution is 0.229. The van der Waals surface area contributed by atoms with E-state index in [1.54, 1.807) is 7.11 Å². The lowest BCUT2D eigenvalue weighted by Gasteiger charge is -2.28. The molecule has 0 saturated carbocycles. The number of rotatable bonds is 7. The Morgan fingerprint density at radius 1 is 1.40 bits per heavy atom. The third-order valence-corrected chi connectivity index (χ3v) is 3.67. The summed E-state index contributed by atoms with van der Waals surface area (Å²) < 4.78 is 7.42. The molecule has 0 radical (unpaired) electrons. The summed E-state index contributed by atoms with van der Waals surface area (Å²) in [6.45, 7) is 4.17. The number of benzene rings is 1. The zero-order valence-electron chi connectivity index (χ0n) is 12.5. The highest BCUT2D eigenvalue weighted by atomic mass is 16.5. The summed E-state index contributed by atoms with van der Waals surface area (Å²) in [5.74, 6) is 0.920. The molecular formula is C16H23N3O. The van der Waals surface area contributed by atoms with E-state index in [1.807, 2.05) is 24.8 Å². The van der Waals surface area contributed by atoms with Gasteiger partial charge in [0.2, 0.25) is 0 Å². The lowest BCUT2D eigenvalue weighted by atomic mass is 10.0. The predicted octanol–water partition coefficient (Wildman–Crippen LogP) is 2.97. The standard InChI is InChI=1S/C16H23N3O/c1-4-16(14-6-5-7-15(12-14)20-3)18(2)10-11-19-9-8-17-13-19/h5-9,12-13,16H,4,10-11H2,1-3H3/t16-/m0/s1. The Morgan fingerprint density at radius 3 is 2.90 bits per heavy atom. The Labute approximate surface area is 121 Å². The van der Waals surface area contributed by atoms with Gasteiger partial charge in [0.25, 0.3) is 0 Å². The zero-order chi connectivity index (χ0) is 14.4. The summed E-state index contributed by atoms with van der Waals surface area (Å²) >= 11 is 0. The number of ether oxygens (including phenoxy) is 1. The first-order valence-electron chi connectivity index (χ1n) is 7.04. The van der Waals surface area contributed by atoms with Crippen LogP contribution < -0.4 is 4.74 Å². The number of nitrogens with zero attached hydrogens (tertiary/aromatic N) is 3. The molecule has 0 aliphatic carbocycles. The SMILES string of the molecule is CC[C@@H](c1cccc(OC)c1)N(C)CCn1ccnc1. The van der Waals surface area contributed by atoms with Gasteiger partial charge in [0.1, 0.15) is 5.75 Å². The maximum atomic E-state index is 5.32. The summed E-state index contributed by atoms with van der Waals surface area (Å²) in [4.78, 5) is 6.46. The van der Waals surface area contributed by atoms with Crippen molar-refractivity contribution in [1.82, 2.24) is 14.5 Å². The second-order valence-electron chi connectivity index (χ2n) is 4.98. The largest absolute Gasteiger partial charge is 0.497 e. The molecule has 0 aliphatic heterocycles. The Morgan fingerprint density at radius 2 is 2.25 bits per heavy atom. The molecule has 0 unspecified atom stereocenters. The van der Waals surface area contributed by atoms with E-state index in [-0.39, 0.29) is 0 Å². The molecule has 0 N–H and O–H groups in total. The highest BCUT2D eigenvalue weighted by molar-refractivity contribution is 5.30. The van der Waals surface area contributed by atoms with Crippen LogP contribution in [0.25, 0.3) is 0 Å². The topological polar surface area (TPSA) is 30.3 Å². The Bertz CT molecular complexity index is 510. The Balaban J connectivity index is 2.02. The first-order valence-corrected chi connectivity index (χ1v) is 7.04. The first-order chi connectivity index (χ1) is 9.74. The van der Waals surface area contributed by atoms with Crippen LogP contribution >= 0.6 is 0 Å². The number of methoxy groups -OCH3 is 1. The van der Waals surface area contributed by atoms with Gasteiger partial charge in [-0.25, -0.2) is 4.98 Å². The highest BCUT2D eigenvalue weighted by Gasteiger charge is 2.15. The van der Waals surface area contributed by atoms with E-state index in [4.69, 9.17) is 4.74 Å². The minimum atomic E-state index is 0.411. The van der Waals surface area contributed by atoms with E-state index in [2.05, 4.69) is 46.6 Å². The van der Waals surface area contributed by atoms with Gasteiger partial charge in [-0.2, -0.15) is 0 Å². The second kappa shape index (κ2) is 7.10. The molecule has 0 bridgehead atoms. The molecule has 0 aliphatic rings. The number of likely N-dealkylation sites (N-methyl/N-ethyl adjacent to an activating group) is 1. The van der Waals surface area contributed by atoms with E-state index >= 15 is 0 Å². The van der Waals surface area contributed by atoms with Crippen LogP contribution in [0.1, 0.15) is 24.9 Å².